The van der Waals surface area contributed by atoms with E-state index >= 15 is 0 Å². The Labute approximate surface area is 122 Å². The lowest BCUT2D eigenvalue weighted by Gasteiger charge is -1.99. The van der Waals surface area contributed by atoms with Crippen molar-refractivity contribution in [1.29, 1.82) is 0 Å². The summed E-state index contributed by atoms with van der Waals surface area (Å²) in [5.41, 5.74) is 2.53. The molecule has 0 radical (unpaired) electrons. The van der Waals surface area contributed by atoms with E-state index in [2.05, 4.69) is 25.7 Å². The minimum atomic E-state index is -0.538. The topological polar surface area (TPSA) is 126 Å². The maximum Gasteiger partial charge on any atom is 0.274 e. The Kier molecular flexibility index (Phi) is 4.24. The van der Waals surface area contributed by atoms with E-state index in [0.717, 1.165) is 0 Å². The number of nitrogens with one attached hydrogen (secondary N) is 2. The Balaban J connectivity index is 2.17. The molecule has 0 aliphatic rings. The van der Waals surface area contributed by atoms with Crippen molar-refractivity contribution < 1.29 is 4.92 Å². The number of aromatic nitrogens is 3. The van der Waals surface area contributed by atoms with Gasteiger partial charge in [-0.1, -0.05) is 11.6 Å². The predicted octanol–water partition coefficient (Wildman–Crippen LogP) is 1.48. The predicted molar refractivity (Wildman–Crippen MR) is 76.7 cm³/mol. The van der Waals surface area contributed by atoms with Gasteiger partial charge in [-0.3, -0.25) is 19.9 Å². The first-order chi connectivity index (χ1) is 9.97. The molecule has 9 nitrogen and oxygen atoms in total. The third-order valence-corrected chi connectivity index (χ3v) is 2.77. The zero-order chi connectivity index (χ0) is 15.4. The molecule has 21 heavy (non-hydrogen) atoms. The first-order valence-corrected chi connectivity index (χ1v) is 6.02. The number of hydrazone groups is 1. The number of hydrogen-bond donors (Lipinski definition) is 2. The lowest BCUT2D eigenvalue weighted by Crippen LogP contribution is -2.15. The summed E-state index contributed by atoms with van der Waals surface area (Å²) in [5, 5.41) is 22.0. The number of hydrogen-bond acceptors (Lipinski definition) is 7. The maximum atomic E-state index is 11.3. The highest BCUT2D eigenvalue weighted by Crippen LogP contribution is 2.20. The molecule has 2 rings (SSSR count). The van der Waals surface area contributed by atoms with Gasteiger partial charge in [0, 0.05) is 22.7 Å². The zero-order valence-electron chi connectivity index (χ0n) is 10.7. The number of H-pyrrole nitrogens is 1. The van der Waals surface area contributed by atoms with Gasteiger partial charge in [-0.15, -0.1) is 10.2 Å². The number of benzene rings is 1. The summed E-state index contributed by atoms with van der Waals surface area (Å²) in [7, 11) is 0. The summed E-state index contributed by atoms with van der Waals surface area (Å²) in [5.74, 6) is 0.0448. The maximum absolute atomic E-state index is 11.3. The zero-order valence-corrected chi connectivity index (χ0v) is 11.5. The number of halogens is 1. The Morgan fingerprint density at radius 1 is 1.48 bits per heavy atom. The van der Waals surface area contributed by atoms with Crippen molar-refractivity contribution in [3.8, 4) is 0 Å². The van der Waals surface area contributed by atoms with Crippen LogP contribution >= 0.6 is 11.6 Å². The summed E-state index contributed by atoms with van der Waals surface area (Å²) in [6.45, 7) is 1.52. The molecule has 1 aromatic heterocycles. The molecule has 0 bridgehead atoms. The minimum absolute atomic E-state index is 0.0448. The van der Waals surface area contributed by atoms with Crippen molar-refractivity contribution in [2.24, 2.45) is 5.10 Å². The van der Waals surface area contributed by atoms with Crippen molar-refractivity contribution in [3.05, 3.63) is 54.9 Å². The summed E-state index contributed by atoms with van der Waals surface area (Å²) in [6, 6.07) is 3.96. The molecular formula is C11H9ClN6O3. The summed E-state index contributed by atoms with van der Waals surface area (Å²) >= 11 is 5.90. The highest BCUT2D eigenvalue weighted by Gasteiger charge is 2.08. The van der Waals surface area contributed by atoms with Gasteiger partial charge in [0.25, 0.3) is 11.2 Å². The second kappa shape index (κ2) is 6.09. The molecular weight excluding hydrogens is 300 g/mol. The average Bonchev–Trinajstić information content (AvgIpc) is 2.44. The molecule has 0 unspecified atom stereocenters. The number of nitro groups is 1. The van der Waals surface area contributed by atoms with E-state index in [9.17, 15) is 14.9 Å². The van der Waals surface area contributed by atoms with Crippen LogP contribution in [0.4, 0.5) is 11.6 Å². The number of nitro benzene ring substituents is 1. The molecule has 1 heterocycles. The standard InChI is InChI=1S/C11H9ClN6O3/c1-6-10(19)14-11(17-15-6)16-13-5-7-4-8(18(20)21)2-3-9(7)12/h2-5H,1H3,(H2,14,16,17,19)/b13-5-. The fraction of sp³-hybridized carbons (Fsp3) is 0.0909. The van der Waals surface area contributed by atoms with Crippen LogP contribution in [0.1, 0.15) is 11.3 Å². The molecule has 0 amide bonds. The van der Waals surface area contributed by atoms with Crippen molar-refractivity contribution in [2.45, 2.75) is 6.92 Å². The van der Waals surface area contributed by atoms with Crippen LogP contribution in [0.5, 0.6) is 0 Å². The number of rotatable bonds is 4. The van der Waals surface area contributed by atoms with E-state index in [1.54, 1.807) is 0 Å². The quantitative estimate of drug-likeness (QED) is 0.500. The van der Waals surface area contributed by atoms with Crippen LogP contribution in [0.3, 0.4) is 0 Å². The number of non-ortho nitro benzene ring substituents is 1. The van der Waals surface area contributed by atoms with E-state index in [-0.39, 0.29) is 17.3 Å². The second-order valence-corrected chi connectivity index (χ2v) is 4.33. The monoisotopic (exact) mass is 308 g/mol. The molecule has 0 aliphatic heterocycles. The molecule has 0 saturated heterocycles. The first-order valence-electron chi connectivity index (χ1n) is 5.64. The highest BCUT2D eigenvalue weighted by molar-refractivity contribution is 6.33. The molecule has 108 valence electrons. The molecule has 0 atom stereocenters. The van der Waals surface area contributed by atoms with Gasteiger partial charge < -0.3 is 0 Å². The van der Waals surface area contributed by atoms with Gasteiger partial charge in [0.05, 0.1) is 11.1 Å². The van der Waals surface area contributed by atoms with Gasteiger partial charge in [0.2, 0.25) is 5.95 Å². The molecule has 0 aliphatic carbocycles. The third kappa shape index (κ3) is 3.60. The van der Waals surface area contributed by atoms with Crippen LogP contribution in [0.15, 0.2) is 28.1 Å². The molecule has 2 aromatic rings. The Morgan fingerprint density at radius 2 is 2.24 bits per heavy atom. The minimum Gasteiger partial charge on any atom is -0.288 e. The van der Waals surface area contributed by atoms with Gasteiger partial charge in [-0.25, -0.2) is 5.43 Å². The average molecular weight is 309 g/mol. The van der Waals surface area contributed by atoms with Crippen LogP contribution in [-0.4, -0.2) is 26.3 Å². The normalized spacial score (nSPS) is 10.8. The number of aryl methyl sites for hydroxylation is 1. The van der Waals surface area contributed by atoms with Crippen LogP contribution in [-0.2, 0) is 0 Å². The fourth-order valence-corrected chi connectivity index (χ4v) is 1.52. The van der Waals surface area contributed by atoms with E-state index in [1.165, 1.54) is 31.3 Å². The molecule has 1 aromatic carbocycles. The van der Waals surface area contributed by atoms with Crippen molar-refractivity contribution in [1.82, 2.24) is 15.2 Å². The number of nitrogens with zero attached hydrogens (tertiary/aromatic N) is 4. The first kappa shape index (κ1) is 14.6. The van der Waals surface area contributed by atoms with Crippen molar-refractivity contribution in [3.63, 3.8) is 0 Å². The highest BCUT2D eigenvalue weighted by atomic mass is 35.5. The molecule has 0 fully saturated rings. The van der Waals surface area contributed by atoms with E-state index in [1.807, 2.05) is 0 Å². The third-order valence-electron chi connectivity index (χ3n) is 2.43. The number of aromatic amines is 1. The van der Waals surface area contributed by atoms with Gasteiger partial charge in [0.1, 0.15) is 5.69 Å². The van der Waals surface area contributed by atoms with Crippen molar-refractivity contribution >= 4 is 29.5 Å². The summed E-state index contributed by atoms with van der Waals surface area (Å²) in [6.07, 6.45) is 1.27. The van der Waals surface area contributed by atoms with Gasteiger partial charge in [-0.2, -0.15) is 5.10 Å². The van der Waals surface area contributed by atoms with Gasteiger partial charge >= 0.3 is 0 Å². The molecule has 2 N–H and O–H groups in total. The van der Waals surface area contributed by atoms with Crippen LogP contribution in [0.2, 0.25) is 5.02 Å². The molecule has 0 saturated carbocycles. The SMILES string of the molecule is Cc1nnc(N/N=C\c2cc([N+](=O)[O-])ccc2Cl)[nH]c1=O. The number of anilines is 1. The van der Waals surface area contributed by atoms with Crippen LogP contribution in [0, 0.1) is 17.0 Å². The van der Waals surface area contributed by atoms with E-state index in [0.29, 0.717) is 10.6 Å². The smallest absolute Gasteiger partial charge is 0.274 e. The van der Waals surface area contributed by atoms with Crippen LogP contribution < -0.4 is 11.0 Å². The fourth-order valence-electron chi connectivity index (χ4n) is 1.35. The van der Waals surface area contributed by atoms with Crippen molar-refractivity contribution in [2.75, 3.05) is 5.43 Å². The van der Waals surface area contributed by atoms with Gasteiger partial charge in [-0.05, 0) is 13.0 Å². The van der Waals surface area contributed by atoms with Gasteiger partial charge in [0.15, 0.2) is 0 Å². The Morgan fingerprint density at radius 3 is 2.90 bits per heavy atom. The Bertz CT molecular complexity index is 773. The largest absolute Gasteiger partial charge is 0.288 e. The summed E-state index contributed by atoms with van der Waals surface area (Å²) in [4.78, 5) is 23.8. The Hall–Kier alpha value is -2.81. The van der Waals surface area contributed by atoms with E-state index in [4.69, 9.17) is 11.6 Å². The molecule has 10 heteroatoms. The van der Waals surface area contributed by atoms with Crippen LogP contribution in [0.25, 0.3) is 0 Å². The molecule has 0 spiro atoms. The second-order valence-electron chi connectivity index (χ2n) is 3.92. The lowest BCUT2D eigenvalue weighted by atomic mass is 10.2. The van der Waals surface area contributed by atoms with E-state index < -0.39 is 10.5 Å². The summed E-state index contributed by atoms with van der Waals surface area (Å²) < 4.78 is 0. The lowest BCUT2D eigenvalue weighted by molar-refractivity contribution is -0.384.